The fourth-order valence-electron chi connectivity index (χ4n) is 5.00. The number of aromatic nitrogens is 3. The molecule has 0 bridgehead atoms. The Balaban J connectivity index is 1.27. The molecule has 0 N–H and O–H groups in total. The molecule has 5 aromatic rings. The van der Waals surface area contributed by atoms with Crippen LogP contribution in [-0.2, 0) is 0 Å². The minimum Gasteiger partial charge on any atom is -0.497 e. The van der Waals surface area contributed by atoms with Gasteiger partial charge in [-0.3, -0.25) is 9.69 Å². The molecule has 7 nitrogen and oxygen atoms in total. The van der Waals surface area contributed by atoms with Crippen LogP contribution in [0.3, 0.4) is 0 Å². The number of amides is 1. The van der Waals surface area contributed by atoms with Gasteiger partial charge in [0.25, 0.3) is 5.91 Å². The van der Waals surface area contributed by atoms with Gasteiger partial charge >= 0.3 is 0 Å². The van der Waals surface area contributed by atoms with E-state index in [9.17, 15) is 4.79 Å². The van der Waals surface area contributed by atoms with E-state index in [1.54, 1.807) is 11.6 Å². The molecule has 1 amide bonds. The van der Waals surface area contributed by atoms with Crippen LogP contribution in [0, 0.1) is 0 Å². The molecule has 7 heteroatoms. The normalized spacial score (nSPS) is 14.2. The van der Waals surface area contributed by atoms with E-state index in [1.807, 2.05) is 89.8 Å². The molecule has 1 aliphatic heterocycles. The minimum absolute atomic E-state index is 0.0428. The van der Waals surface area contributed by atoms with E-state index in [-0.39, 0.29) is 5.91 Å². The maximum atomic E-state index is 14.0. The second-order valence-electron chi connectivity index (χ2n) is 9.83. The lowest BCUT2D eigenvalue weighted by Gasteiger charge is -2.34. The summed E-state index contributed by atoms with van der Waals surface area (Å²) in [6.07, 6.45) is 4.34. The van der Waals surface area contributed by atoms with E-state index in [2.05, 4.69) is 29.2 Å². The molecule has 0 unspecified atom stereocenters. The van der Waals surface area contributed by atoms with Crippen LogP contribution < -0.4 is 4.74 Å². The van der Waals surface area contributed by atoms with Crippen molar-refractivity contribution >= 4 is 17.6 Å². The van der Waals surface area contributed by atoms with Crippen LogP contribution >= 0.6 is 0 Å². The highest BCUT2D eigenvalue weighted by molar-refractivity contribution is 5.94. The second-order valence-corrected chi connectivity index (χ2v) is 9.83. The predicted molar refractivity (Wildman–Crippen MR) is 158 cm³/mol. The first kappa shape index (κ1) is 25.5. The number of hydrogen-bond acceptors (Lipinski definition) is 5. The summed E-state index contributed by atoms with van der Waals surface area (Å²) in [5, 5.41) is 4.81. The largest absolute Gasteiger partial charge is 0.497 e. The van der Waals surface area contributed by atoms with Crippen LogP contribution in [-0.4, -0.2) is 70.1 Å². The molecular weight excluding hydrogens is 498 g/mol. The number of ether oxygens (including phenoxy) is 1. The highest BCUT2D eigenvalue weighted by atomic mass is 16.5. The van der Waals surface area contributed by atoms with Crippen LogP contribution in [0.25, 0.3) is 34.2 Å². The third kappa shape index (κ3) is 5.51. The summed E-state index contributed by atoms with van der Waals surface area (Å²) in [4.78, 5) is 23.1. The molecule has 1 saturated heterocycles. The summed E-state index contributed by atoms with van der Waals surface area (Å²) in [6.45, 7) is 3.80. The van der Waals surface area contributed by atoms with Gasteiger partial charge in [0.05, 0.1) is 18.5 Å². The van der Waals surface area contributed by atoms with Gasteiger partial charge in [-0.05, 0) is 23.8 Å². The summed E-state index contributed by atoms with van der Waals surface area (Å²) >= 11 is 0. The van der Waals surface area contributed by atoms with Gasteiger partial charge in [0.15, 0.2) is 5.65 Å². The van der Waals surface area contributed by atoms with E-state index in [0.29, 0.717) is 30.1 Å². The van der Waals surface area contributed by atoms with Crippen molar-refractivity contribution in [2.75, 3.05) is 39.8 Å². The number of piperazine rings is 1. The van der Waals surface area contributed by atoms with E-state index >= 15 is 0 Å². The molecule has 3 aromatic carbocycles. The summed E-state index contributed by atoms with van der Waals surface area (Å²) in [6, 6.07) is 31.8. The number of nitrogens with zero attached hydrogens (tertiary/aromatic N) is 5. The van der Waals surface area contributed by atoms with Crippen molar-refractivity contribution in [3.05, 3.63) is 114 Å². The van der Waals surface area contributed by atoms with E-state index in [0.717, 1.165) is 42.2 Å². The zero-order valence-electron chi connectivity index (χ0n) is 22.5. The predicted octanol–water partition coefficient (Wildman–Crippen LogP) is 5.54. The molecule has 0 saturated carbocycles. The van der Waals surface area contributed by atoms with E-state index in [1.165, 1.54) is 5.56 Å². The smallest absolute Gasteiger partial charge is 0.272 e. The Bertz CT molecular complexity index is 1640. The number of benzene rings is 3. The summed E-state index contributed by atoms with van der Waals surface area (Å²) in [5.41, 5.74) is 5.67. The molecule has 40 heavy (non-hydrogen) atoms. The lowest BCUT2D eigenvalue weighted by molar-refractivity contribution is 0.0641. The van der Waals surface area contributed by atoms with Gasteiger partial charge in [-0.2, -0.15) is 5.10 Å². The first-order valence-corrected chi connectivity index (χ1v) is 13.5. The van der Waals surface area contributed by atoms with Crippen LogP contribution in [0.15, 0.2) is 103 Å². The van der Waals surface area contributed by atoms with Gasteiger partial charge in [-0.25, -0.2) is 9.50 Å². The molecule has 2 aromatic heterocycles. The third-order valence-electron chi connectivity index (χ3n) is 7.21. The maximum Gasteiger partial charge on any atom is 0.272 e. The molecule has 0 radical (unpaired) electrons. The highest BCUT2D eigenvalue weighted by Crippen LogP contribution is 2.27. The van der Waals surface area contributed by atoms with E-state index < -0.39 is 0 Å². The van der Waals surface area contributed by atoms with Crippen LogP contribution in [0.1, 0.15) is 16.1 Å². The third-order valence-corrected chi connectivity index (χ3v) is 7.21. The van der Waals surface area contributed by atoms with Crippen molar-refractivity contribution in [3.8, 4) is 28.3 Å². The van der Waals surface area contributed by atoms with Crippen LogP contribution in [0.2, 0.25) is 0 Å². The average molecular weight is 530 g/mol. The fourth-order valence-corrected chi connectivity index (χ4v) is 5.00. The Morgan fingerprint density at radius 3 is 2.30 bits per heavy atom. The van der Waals surface area contributed by atoms with Crippen molar-refractivity contribution in [2.45, 2.75) is 0 Å². The standard InChI is InChI=1S/C33H31N5O2/c1-40-28-16-8-15-27(22-28)29-23-31(38-32(34-29)24-30(35-38)26-13-6-3-7-14-26)33(39)37-20-18-36(19-21-37)17-9-12-25-10-4-2-5-11-25/h2-16,22-24H,17-21H2,1H3/b12-9+. The van der Waals surface area contributed by atoms with Crippen molar-refractivity contribution in [2.24, 2.45) is 0 Å². The number of hydrogen-bond donors (Lipinski definition) is 0. The SMILES string of the molecule is COc1cccc(-c2cc(C(=O)N3CCN(C/C=C/c4ccccc4)CC3)n3nc(-c4ccccc4)cc3n2)c1. The molecule has 3 heterocycles. The molecular formula is C33H31N5O2. The Morgan fingerprint density at radius 2 is 1.55 bits per heavy atom. The summed E-state index contributed by atoms with van der Waals surface area (Å²) in [7, 11) is 1.64. The van der Waals surface area contributed by atoms with Crippen molar-refractivity contribution in [3.63, 3.8) is 0 Å². The Hall–Kier alpha value is -4.75. The summed E-state index contributed by atoms with van der Waals surface area (Å²) in [5.74, 6) is 0.696. The fraction of sp³-hybridized carbons (Fsp3) is 0.182. The van der Waals surface area contributed by atoms with Gasteiger partial charge in [-0.15, -0.1) is 0 Å². The Labute approximate surface area is 234 Å². The monoisotopic (exact) mass is 529 g/mol. The van der Waals surface area contributed by atoms with Crippen molar-refractivity contribution in [1.82, 2.24) is 24.4 Å². The number of carbonyl (C=O) groups excluding carboxylic acids is 1. The molecule has 6 rings (SSSR count). The first-order valence-electron chi connectivity index (χ1n) is 13.5. The number of methoxy groups -OCH3 is 1. The average Bonchev–Trinajstić information content (AvgIpc) is 3.46. The highest BCUT2D eigenvalue weighted by Gasteiger charge is 2.25. The molecule has 1 aliphatic rings. The summed E-state index contributed by atoms with van der Waals surface area (Å²) < 4.78 is 7.12. The van der Waals surface area contributed by atoms with E-state index in [4.69, 9.17) is 14.8 Å². The van der Waals surface area contributed by atoms with Crippen molar-refractivity contribution < 1.29 is 9.53 Å². The number of fused-ring (bicyclic) bond motifs is 1. The lowest BCUT2D eigenvalue weighted by atomic mass is 10.1. The quantitative estimate of drug-likeness (QED) is 0.277. The van der Waals surface area contributed by atoms with Gasteiger partial charge in [-0.1, -0.05) is 84.9 Å². The zero-order valence-corrected chi connectivity index (χ0v) is 22.5. The molecule has 0 aliphatic carbocycles. The van der Waals surface area contributed by atoms with Gasteiger partial charge in [0.2, 0.25) is 0 Å². The maximum absolute atomic E-state index is 14.0. The molecule has 200 valence electrons. The lowest BCUT2D eigenvalue weighted by Crippen LogP contribution is -2.49. The van der Waals surface area contributed by atoms with Gasteiger partial charge in [0.1, 0.15) is 11.4 Å². The molecule has 0 spiro atoms. The molecule has 1 fully saturated rings. The van der Waals surface area contributed by atoms with Crippen molar-refractivity contribution in [1.29, 1.82) is 0 Å². The number of rotatable bonds is 7. The van der Waals surface area contributed by atoms with Gasteiger partial charge < -0.3 is 9.64 Å². The van der Waals surface area contributed by atoms with Crippen LogP contribution in [0.5, 0.6) is 5.75 Å². The topological polar surface area (TPSA) is 63.0 Å². The Morgan fingerprint density at radius 1 is 0.825 bits per heavy atom. The first-order chi connectivity index (χ1) is 19.7. The minimum atomic E-state index is -0.0428. The number of carbonyl (C=O) groups is 1. The molecule has 0 atom stereocenters. The van der Waals surface area contributed by atoms with Crippen LogP contribution in [0.4, 0.5) is 0 Å². The second kappa shape index (κ2) is 11.6. The zero-order chi connectivity index (χ0) is 27.3. The van der Waals surface area contributed by atoms with Gasteiger partial charge in [0, 0.05) is 49.9 Å². The Kier molecular flexibility index (Phi) is 7.37.